The van der Waals surface area contributed by atoms with E-state index in [1.54, 1.807) is 29.1 Å². The number of nitrogens with zero attached hydrogens (tertiary/aromatic N) is 2. The zero-order chi connectivity index (χ0) is 16.2. The topological polar surface area (TPSA) is 93.1 Å². The van der Waals surface area contributed by atoms with Gasteiger partial charge in [0.1, 0.15) is 0 Å². The summed E-state index contributed by atoms with van der Waals surface area (Å²) in [5.74, 6) is -0.449. The van der Waals surface area contributed by atoms with Crippen LogP contribution in [0, 0.1) is 0 Å². The Morgan fingerprint density at radius 3 is 2.59 bits per heavy atom. The number of benzene rings is 1. The van der Waals surface area contributed by atoms with Crippen molar-refractivity contribution in [2.24, 2.45) is 0 Å². The number of sulfonamides is 1. The van der Waals surface area contributed by atoms with Crippen molar-refractivity contribution in [3.05, 3.63) is 42.7 Å². The smallest absolute Gasteiger partial charge is 0.242 e. The van der Waals surface area contributed by atoms with Gasteiger partial charge in [-0.2, -0.15) is 9.82 Å². The monoisotopic (exact) mass is 322 g/mol. The summed E-state index contributed by atoms with van der Waals surface area (Å²) in [6, 6.07) is 7.00. The molecule has 8 heteroatoms. The third-order valence-electron chi connectivity index (χ3n) is 3.00. The number of carbonyl (C=O) groups excluding carboxylic acids is 1. The van der Waals surface area contributed by atoms with Crippen LogP contribution >= 0.6 is 0 Å². The summed E-state index contributed by atoms with van der Waals surface area (Å²) in [6.45, 7) is 4.10. The maximum atomic E-state index is 12.1. The van der Waals surface area contributed by atoms with E-state index in [1.807, 2.05) is 6.92 Å². The van der Waals surface area contributed by atoms with Crippen molar-refractivity contribution in [1.29, 1.82) is 0 Å². The molecule has 22 heavy (non-hydrogen) atoms. The normalized spacial score (nSPS) is 12.8. The summed E-state index contributed by atoms with van der Waals surface area (Å²) in [6.07, 6.45) is 3.19. The zero-order valence-electron chi connectivity index (χ0n) is 12.4. The standard InChI is InChI=1S/C14H18N4O3S/c1-3-18-10-12(9-15-18)16-14(19)11(2)17-22(20,21)13-7-5-4-6-8-13/h4-11,17H,3H2,1-2H3,(H,16,19)/t11-/m0/s1. The molecular formula is C14H18N4O3S. The van der Waals surface area contributed by atoms with Gasteiger partial charge < -0.3 is 5.32 Å². The third kappa shape index (κ3) is 3.92. The average molecular weight is 322 g/mol. The quantitative estimate of drug-likeness (QED) is 0.836. The molecule has 0 bridgehead atoms. The first-order valence-electron chi connectivity index (χ1n) is 6.83. The molecule has 1 aromatic heterocycles. The predicted octanol–water partition coefficient (Wildman–Crippen LogP) is 1.21. The van der Waals surface area contributed by atoms with Gasteiger partial charge in [-0.3, -0.25) is 9.48 Å². The van der Waals surface area contributed by atoms with Crippen LogP contribution in [-0.2, 0) is 21.4 Å². The van der Waals surface area contributed by atoms with E-state index < -0.39 is 22.0 Å². The molecule has 2 N–H and O–H groups in total. The van der Waals surface area contributed by atoms with Gasteiger partial charge in [-0.15, -0.1) is 0 Å². The van der Waals surface area contributed by atoms with E-state index in [4.69, 9.17) is 0 Å². The fourth-order valence-electron chi connectivity index (χ4n) is 1.81. The van der Waals surface area contributed by atoms with Crippen LogP contribution in [0.5, 0.6) is 0 Å². The molecule has 7 nitrogen and oxygen atoms in total. The Labute approximate surface area is 129 Å². The lowest BCUT2D eigenvalue weighted by Crippen LogP contribution is -2.41. The second-order valence-corrected chi connectivity index (χ2v) is 6.44. The van der Waals surface area contributed by atoms with Crippen LogP contribution in [0.3, 0.4) is 0 Å². The molecule has 118 valence electrons. The lowest BCUT2D eigenvalue weighted by molar-refractivity contribution is -0.117. The summed E-state index contributed by atoms with van der Waals surface area (Å²) < 4.78 is 28.3. The number of hydrogen-bond donors (Lipinski definition) is 2. The molecule has 0 unspecified atom stereocenters. The Balaban J connectivity index is 2.02. The molecular weight excluding hydrogens is 304 g/mol. The van der Waals surface area contributed by atoms with Gasteiger partial charge in [-0.05, 0) is 26.0 Å². The van der Waals surface area contributed by atoms with Gasteiger partial charge in [0, 0.05) is 12.7 Å². The van der Waals surface area contributed by atoms with Gasteiger partial charge in [-0.25, -0.2) is 8.42 Å². The van der Waals surface area contributed by atoms with E-state index in [0.717, 1.165) is 0 Å². The number of nitrogens with one attached hydrogen (secondary N) is 2. The average Bonchev–Trinajstić information content (AvgIpc) is 2.95. The van der Waals surface area contributed by atoms with Crippen LogP contribution in [0.2, 0.25) is 0 Å². The van der Waals surface area contributed by atoms with Crippen molar-refractivity contribution in [2.45, 2.75) is 31.3 Å². The molecule has 0 saturated carbocycles. The molecule has 2 rings (SSSR count). The summed E-state index contributed by atoms with van der Waals surface area (Å²) in [5, 5.41) is 6.65. The minimum absolute atomic E-state index is 0.119. The lowest BCUT2D eigenvalue weighted by atomic mass is 10.3. The van der Waals surface area contributed by atoms with Crippen molar-refractivity contribution in [3.63, 3.8) is 0 Å². The molecule has 0 spiro atoms. The second kappa shape index (κ2) is 6.71. The number of anilines is 1. The van der Waals surface area contributed by atoms with Gasteiger partial charge >= 0.3 is 0 Å². The first kappa shape index (κ1) is 16.2. The van der Waals surface area contributed by atoms with E-state index in [1.165, 1.54) is 25.3 Å². The zero-order valence-corrected chi connectivity index (χ0v) is 13.2. The van der Waals surface area contributed by atoms with Crippen molar-refractivity contribution < 1.29 is 13.2 Å². The molecule has 1 amide bonds. The molecule has 0 radical (unpaired) electrons. The Bertz CT molecular complexity index is 740. The van der Waals surface area contributed by atoms with Crippen molar-refractivity contribution in [1.82, 2.24) is 14.5 Å². The van der Waals surface area contributed by atoms with Crippen LogP contribution in [0.15, 0.2) is 47.6 Å². The predicted molar refractivity (Wildman–Crippen MR) is 82.8 cm³/mol. The van der Waals surface area contributed by atoms with Crippen LogP contribution in [0.25, 0.3) is 0 Å². The molecule has 0 aliphatic heterocycles. The minimum atomic E-state index is -3.73. The van der Waals surface area contributed by atoms with E-state index in [2.05, 4.69) is 15.1 Å². The molecule has 2 aromatic rings. The Morgan fingerprint density at radius 2 is 2.00 bits per heavy atom. The number of aryl methyl sites for hydroxylation is 1. The highest BCUT2D eigenvalue weighted by molar-refractivity contribution is 7.89. The van der Waals surface area contributed by atoms with Crippen LogP contribution < -0.4 is 10.0 Å². The van der Waals surface area contributed by atoms with Crippen molar-refractivity contribution in [3.8, 4) is 0 Å². The number of amides is 1. The number of carbonyl (C=O) groups is 1. The molecule has 1 aromatic carbocycles. The highest BCUT2D eigenvalue weighted by atomic mass is 32.2. The summed E-state index contributed by atoms with van der Waals surface area (Å²) in [4.78, 5) is 12.2. The Hall–Kier alpha value is -2.19. The highest BCUT2D eigenvalue weighted by Gasteiger charge is 2.22. The van der Waals surface area contributed by atoms with Crippen LogP contribution in [-0.4, -0.2) is 30.1 Å². The highest BCUT2D eigenvalue weighted by Crippen LogP contribution is 2.09. The third-order valence-corrected chi connectivity index (χ3v) is 4.56. The van der Waals surface area contributed by atoms with Gasteiger partial charge in [-0.1, -0.05) is 18.2 Å². The molecule has 0 aliphatic carbocycles. The Kier molecular flexibility index (Phi) is 4.94. The van der Waals surface area contributed by atoms with Crippen LogP contribution in [0.4, 0.5) is 5.69 Å². The molecule has 1 heterocycles. The minimum Gasteiger partial charge on any atom is -0.322 e. The van der Waals surface area contributed by atoms with Crippen LogP contribution in [0.1, 0.15) is 13.8 Å². The number of rotatable bonds is 6. The molecule has 0 aliphatic rings. The van der Waals surface area contributed by atoms with Gasteiger partial charge in [0.25, 0.3) is 0 Å². The maximum absolute atomic E-state index is 12.1. The van der Waals surface area contributed by atoms with Gasteiger partial charge in [0.2, 0.25) is 15.9 Å². The summed E-state index contributed by atoms with van der Waals surface area (Å²) in [7, 11) is -3.73. The fraction of sp³-hybridized carbons (Fsp3) is 0.286. The fourth-order valence-corrected chi connectivity index (χ4v) is 3.03. The second-order valence-electron chi connectivity index (χ2n) is 4.73. The van der Waals surface area contributed by atoms with Crippen molar-refractivity contribution >= 4 is 21.6 Å². The van der Waals surface area contributed by atoms with E-state index in [9.17, 15) is 13.2 Å². The largest absolute Gasteiger partial charge is 0.322 e. The first-order valence-corrected chi connectivity index (χ1v) is 8.31. The first-order chi connectivity index (χ1) is 10.4. The lowest BCUT2D eigenvalue weighted by Gasteiger charge is -2.13. The maximum Gasteiger partial charge on any atom is 0.242 e. The SMILES string of the molecule is CCn1cc(NC(=O)[C@H](C)NS(=O)(=O)c2ccccc2)cn1. The summed E-state index contributed by atoms with van der Waals surface area (Å²) >= 11 is 0. The molecule has 0 saturated heterocycles. The number of hydrogen-bond acceptors (Lipinski definition) is 4. The molecule has 1 atom stereocenters. The van der Waals surface area contributed by atoms with E-state index >= 15 is 0 Å². The van der Waals surface area contributed by atoms with E-state index in [0.29, 0.717) is 12.2 Å². The van der Waals surface area contributed by atoms with Crippen molar-refractivity contribution in [2.75, 3.05) is 5.32 Å². The van der Waals surface area contributed by atoms with E-state index in [-0.39, 0.29) is 4.90 Å². The summed E-state index contributed by atoms with van der Waals surface area (Å²) in [5.41, 5.74) is 0.526. The number of aromatic nitrogens is 2. The van der Waals surface area contributed by atoms with Gasteiger partial charge in [0.05, 0.1) is 22.8 Å². The Morgan fingerprint density at radius 1 is 1.32 bits per heavy atom. The van der Waals surface area contributed by atoms with Gasteiger partial charge in [0.15, 0.2) is 0 Å². The molecule has 0 fully saturated rings.